The Hall–Kier alpha value is -1.63. The molecule has 0 bridgehead atoms. The third-order valence-corrected chi connectivity index (χ3v) is 4.37. The van der Waals surface area contributed by atoms with Crippen molar-refractivity contribution in [2.24, 2.45) is 5.73 Å². The van der Waals surface area contributed by atoms with Gasteiger partial charge in [-0.25, -0.2) is 4.98 Å². The molecule has 0 aliphatic carbocycles. The van der Waals surface area contributed by atoms with Gasteiger partial charge in [-0.3, -0.25) is 0 Å². The van der Waals surface area contributed by atoms with Gasteiger partial charge in [-0.05, 0) is 17.7 Å². The van der Waals surface area contributed by atoms with E-state index in [0.29, 0.717) is 13.2 Å². The van der Waals surface area contributed by atoms with Crippen molar-refractivity contribution in [3.05, 3.63) is 40.4 Å². The molecule has 0 spiro atoms. The van der Waals surface area contributed by atoms with Crippen molar-refractivity contribution in [3.8, 4) is 5.75 Å². The fourth-order valence-electron chi connectivity index (χ4n) is 2.01. The molecule has 0 amide bonds. The molecule has 1 aromatic heterocycles. The van der Waals surface area contributed by atoms with Crippen molar-refractivity contribution in [2.45, 2.75) is 19.7 Å². The minimum atomic E-state index is 0.493. The van der Waals surface area contributed by atoms with Crippen LogP contribution in [0.3, 0.4) is 0 Å². The molecule has 2 rings (SSSR count). The molecule has 21 heavy (non-hydrogen) atoms. The van der Waals surface area contributed by atoms with Crippen LogP contribution in [0.15, 0.2) is 24.3 Å². The van der Waals surface area contributed by atoms with Gasteiger partial charge in [0, 0.05) is 32.1 Å². The van der Waals surface area contributed by atoms with Gasteiger partial charge < -0.3 is 20.1 Å². The molecule has 114 valence electrons. The first-order valence-corrected chi connectivity index (χ1v) is 7.51. The van der Waals surface area contributed by atoms with Crippen molar-refractivity contribution in [3.63, 3.8) is 0 Å². The Labute approximate surface area is 129 Å². The van der Waals surface area contributed by atoms with E-state index in [1.807, 2.05) is 19.2 Å². The molecular weight excluding hydrogens is 286 g/mol. The standard InChI is InChI=1S/C15H21N3O2S/c1-18(9-11-4-6-12(20-3)7-5-11)15-17-13(10-19-2)14(8-16)21-15/h4-7H,8-10,16H2,1-3H3. The maximum absolute atomic E-state index is 5.76. The summed E-state index contributed by atoms with van der Waals surface area (Å²) in [5.74, 6) is 0.864. The third-order valence-electron chi connectivity index (χ3n) is 3.14. The van der Waals surface area contributed by atoms with Gasteiger partial charge in [0.25, 0.3) is 0 Å². The summed E-state index contributed by atoms with van der Waals surface area (Å²) in [6.07, 6.45) is 0. The smallest absolute Gasteiger partial charge is 0.185 e. The first-order valence-electron chi connectivity index (χ1n) is 6.69. The number of thiazole rings is 1. The Morgan fingerprint density at radius 1 is 1.24 bits per heavy atom. The van der Waals surface area contributed by atoms with Gasteiger partial charge in [0.15, 0.2) is 5.13 Å². The summed E-state index contributed by atoms with van der Waals surface area (Å²) < 4.78 is 10.3. The maximum atomic E-state index is 5.76. The summed E-state index contributed by atoms with van der Waals surface area (Å²) in [5, 5.41) is 0.957. The molecule has 1 heterocycles. The van der Waals surface area contributed by atoms with Crippen LogP contribution in [0.4, 0.5) is 5.13 Å². The molecule has 0 saturated carbocycles. The lowest BCUT2D eigenvalue weighted by Gasteiger charge is -2.15. The fourth-order valence-corrected chi connectivity index (χ4v) is 2.92. The van der Waals surface area contributed by atoms with Crippen LogP contribution < -0.4 is 15.4 Å². The second-order valence-electron chi connectivity index (χ2n) is 4.71. The van der Waals surface area contributed by atoms with E-state index in [4.69, 9.17) is 15.2 Å². The molecular formula is C15H21N3O2S. The van der Waals surface area contributed by atoms with Crippen LogP contribution in [0.5, 0.6) is 5.75 Å². The van der Waals surface area contributed by atoms with Gasteiger partial charge >= 0.3 is 0 Å². The lowest BCUT2D eigenvalue weighted by molar-refractivity contribution is 0.181. The van der Waals surface area contributed by atoms with Crippen LogP contribution >= 0.6 is 11.3 Å². The Bertz CT molecular complexity index is 569. The molecule has 1 aromatic carbocycles. The Kier molecular flexibility index (Phi) is 5.55. The van der Waals surface area contributed by atoms with E-state index in [9.17, 15) is 0 Å². The normalized spacial score (nSPS) is 10.7. The zero-order chi connectivity index (χ0) is 15.2. The predicted octanol–water partition coefficient (Wildman–Crippen LogP) is 2.39. The summed E-state index contributed by atoms with van der Waals surface area (Å²) >= 11 is 1.62. The minimum Gasteiger partial charge on any atom is -0.497 e. The molecule has 0 atom stereocenters. The van der Waals surface area contributed by atoms with E-state index < -0.39 is 0 Å². The highest BCUT2D eigenvalue weighted by Gasteiger charge is 2.13. The summed E-state index contributed by atoms with van der Waals surface area (Å²) in [5.41, 5.74) is 7.90. The van der Waals surface area contributed by atoms with Gasteiger partial charge in [0.2, 0.25) is 0 Å². The zero-order valence-electron chi connectivity index (χ0n) is 12.6. The fraction of sp³-hybridized carbons (Fsp3) is 0.400. The van der Waals surface area contributed by atoms with Crippen LogP contribution in [0.25, 0.3) is 0 Å². The number of aromatic nitrogens is 1. The van der Waals surface area contributed by atoms with Crippen LogP contribution in [0, 0.1) is 0 Å². The highest BCUT2D eigenvalue weighted by Crippen LogP contribution is 2.27. The predicted molar refractivity (Wildman–Crippen MR) is 85.8 cm³/mol. The summed E-state index contributed by atoms with van der Waals surface area (Å²) in [6, 6.07) is 8.05. The van der Waals surface area contributed by atoms with Gasteiger partial charge in [0.05, 0.1) is 19.4 Å². The lowest BCUT2D eigenvalue weighted by Crippen LogP contribution is -2.16. The molecule has 0 aliphatic rings. The summed E-state index contributed by atoms with van der Waals surface area (Å²) in [6.45, 7) is 1.78. The molecule has 0 saturated heterocycles. The van der Waals surface area contributed by atoms with Gasteiger partial charge in [-0.2, -0.15) is 0 Å². The second kappa shape index (κ2) is 7.40. The SMILES string of the molecule is COCc1nc(N(C)Cc2ccc(OC)cc2)sc1CN. The van der Waals surface area contributed by atoms with E-state index >= 15 is 0 Å². The first-order chi connectivity index (χ1) is 10.2. The number of methoxy groups -OCH3 is 2. The summed E-state index contributed by atoms with van der Waals surface area (Å²) in [4.78, 5) is 7.81. The lowest BCUT2D eigenvalue weighted by atomic mass is 10.2. The molecule has 2 aromatic rings. The zero-order valence-corrected chi connectivity index (χ0v) is 13.4. The van der Waals surface area contributed by atoms with Gasteiger partial charge in [-0.1, -0.05) is 12.1 Å². The number of benzene rings is 1. The van der Waals surface area contributed by atoms with Crippen molar-refractivity contribution in [1.29, 1.82) is 0 Å². The highest BCUT2D eigenvalue weighted by atomic mass is 32.1. The highest BCUT2D eigenvalue weighted by molar-refractivity contribution is 7.15. The van der Waals surface area contributed by atoms with E-state index in [1.54, 1.807) is 25.6 Å². The number of hydrogen-bond acceptors (Lipinski definition) is 6. The van der Waals surface area contributed by atoms with E-state index in [1.165, 1.54) is 5.56 Å². The molecule has 5 nitrogen and oxygen atoms in total. The van der Waals surface area contributed by atoms with E-state index in [0.717, 1.165) is 28.0 Å². The number of nitrogens with two attached hydrogens (primary N) is 1. The quantitative estimate of drug-likeness (QED) is 0.851. The van der Waals surface area contributed by atoms with Crippen LogP contribution in [0.2, 0.25) is 0 Å². The maximum Gasteiger partial charge on any atom is 0.185 e. The number of ether oxygens (including phenoxy) is 2. The topological polar surface area (TPSA) is 60.6 Å². The average molecular weight is 307 g/mol. The minimum absolute atomic E-state index is 0.493. The number of nitrogens with zero attached hydrogens (tertiary/aromatic N) is 2. The van der Waals surface area contributed by atoms with Crippen molar-refractivity contribution >= 4 is 16.5 Å². The monoisotopic (exact) mass is 307 g/mol. The molecule has 0 unspecified atom stereocenters. The number of rotatable bonds is 7. The van der Waals surface area contributed by atoms with Gasteiger partial charge in [0.1, 0.15) is 5.75 Å². The first kappa shape index (κ1) is 15.8. The Morgan fingerprint density at radius 2 is 1.95 bits per heavy atom. The largest absolute Gasteiger partial charge is 0.497 e. The third kappa shape index (κ3) is 3.93. The molecule has 0 radical (unpaired) electrons. The summed E-state index contributed by atoms with van der Waals surface area (Å²) in [7, 11) is 5.36. The average Bonchev–Trinajstić information content (AvgIpc) is 2.91. The van der Waals surface area contributed by atoms with Crippen molar-refractivity contribution in [2.75, 3.05) is 26.2 Å². The van der Waals surface area contributed by atoms with Crippen LogP contribution in [-0.4, -0.2) is 26.3 Å². The van der Waals surface area contributed by atoms with Crippen LogP contribution in [0.1, 0.15) is 16.1 Å². The van der Waals surface area contributed by atoms with E-state index in [2.05, 4.69) is 22.0 Å². The molecule has 0 aliphatic heterocycles. The van der Waals surface area contributed by atoms with Crippen molar-refractivity contribution < 1.29 is 9.47 Å². The Morgan fingerprint density at radius 3 is 2.52 bits per heavy atom. The van der Waals surface area contributed by atoms with Crippen molar-refractivity contribution in [1.82, 2.24) is 4.98 Å². The number of anilines is 1. The van der Waals surface area contributed by atoms with E-state index in [-0.39, 0.29) is 0 Å². The number of hydrogen-bond donors (Lipinski definition) is 1. The Balaban J connectivity index is 2.09. The van der Waals surface area contributed by atoms with Crippen LogP contribution in [-0.2, 0) is 24.4 Å². The molecule has 6 heteroatoms. The van der Waals surface area contributed by atoms with Gasteiger partial charge in [-0.15, -0.1) is 11.3 Å². The molecule has 0 fully saturated rings. The molecule has 2 N–H and O–H groups in total. The second-order valence-corrected chi connectivity index (χ2v) is 5.77.